The van der Waals surface area contributed by atoms with Gasteiger partial charge in [-0.3, -0.25) is 10.1 Å². The molecule has 86 valence electrons. The van der Waals surface area contributed by atoms with E-state index in [1.807, 2.05) is 0 Å². The van der Waals surface area contributed by atoms with Gasteiger partial charge in [0.1, 0.15) is 11.9 Å². The molecule has 2 N–H and O–H groups in total. The molecule has 1 fully saturated rings. The molecule has 1 saturated heterocycles. The van der Waals surface area contributed by atoms with Gasteiger partial charge in [-0.05, 0) is 12.1 Å². The van der Waals surface area contributed by atoms with Crippen molar-refractivity contribution in [1.82, 2.24) is 5.32 Å². The first-order valence-electron chi connectivity index (χ1n) is 4.63. The third-order valence-corrected chi connectivity index (χ3v) is 4.07. The first-order valence-corrected chi connectivity index (χ1v) is 6.47. The molecule has 1 aromatic carbocycles. The van der Waals surface area contributed by atoms with E-state index in [1.165, 1.54) is 17.8 Å². The lowest BCUT2D eigenvalue weighted by atomic mass is 10.2. The quantitative estimate of drug-likeness (QED) is 0.881. The topological polar surface area (TPSA) is 49.3 Å². The Labute approximate surface area is 105 Å². The average Bonchev–Trinajstić information content (AvgIpc) is 2.66. The van der Waals surface area contributed by atoms with E-state index in [2.05, 4.69) is 21.2 Å². The molecule has 2 atom stereocenters. The standard InChI is InChI=1S/C10H9BrFNO2S/c11-5-1-2-6(7(12)3-5)9-13-8(4-16-9)10(14)15/h1-3,8-9,13H,4H2,(H,14,15)/t8-,9?/m1/s1. The van der Waals surface area contributed by atoms with Crippen LogP contribution in [-0.2, 0) is 4.79 Å². The third-order valence-electron chi connectivity index (χ3n) is 2.33. The monoisotopic (exact) mass is 305 g/mol. The zero-order valence-corrected chi connectivity index (χ0v) is 10.5. The van der Waals surface area contributed by atoms with Gasteiger partial charge < -0.3 is 5.11 Å². The molecule has 1 aromatic rings. The highest BCUT2D eigenvalue weighted by molar-refractivity contribution is 9.10. The maximum Gasteiger partial charge on any atom is 0.321 e. The second-order valence-electron chi connectivity index (χ2n) is 3.44. The Bertz CT molecular complexity index is 429. The second-order valence-corrected chi connectivity index (χ2v) is 5.49. The molecule has 0 aromatic heterocycles. The SMILES string of the molecule is O=C(O)[C@H]1CSC(c2ccc(Br)cc2F)N1. The van der Waals surface area contributed by atoms with Crippen molar-refractivity contribution in [3.63, 3.8) is 0 Å². The Balaban J connectivity index is 2.17. The summed E-state index contributed by atoms with van der Waals surface area (Å²) >= 11 is 4.58. The van der Waals surface area contributed by atoms with Crippen molar-refractivity contribution in [3.05, 3.63) is 34.1 Å². The zero-order valence-electron chi connectivity index (χ0n) is 8.11. The average molecular weight is 306 g/mol. The number of benzene rings is 1. The van der Waals surface area contributed by atoms with Gasteiger partial charge in [-0.25, -0.2) is 4.39 Å². The summed E-state index contributed by atoms with van der Waals surface area (Å²) in [5.41, 5.74) is 0.497. The molecule has 0 saturated carbocycles. The summed E-state index contributed by atoms with van der Waals surface area (Å²) in [4.78, 5) is 10.7. The Morgan fingerprint density at radius 2 is 2.38 bits per heavy atom. The molecule has 16 heavy (non-hydrogen) atoms. The predicted octanol–water partition coefficient (Wildman–Crippen LogP) is 2.38. The van der Waals surface area contributed by atoms with Crippen LogP contribution in [0.2, 0.25) is 0 Å². The van der Waals surface area contributed by atoms with Gasteiger partial charge in [0.2, 0.25) is 0 Å². The Kier molecular flexibility index (Phi) is 3.51. The summed E-state index contributed by atoms with van der Waals surface area (Å²) in [6.07, 6.45) is 0. The van der Waals surface area contributed by atoms with Crippen LogP contribution >= 0.6 is 27.7 Å². The van der Waals surface area contributed by atoms with Crippen LogP contribution in [0.3, 0.4) is 0 Å². The maximum atomic E-state index is 13.6. The molecule has 6 heteroatoms. The number of aliphatic carboxylic acids is 1. The van der Waals surface area contributed by atoms with Crippen molar-refractivity contribution in [2.75, 3.05) is 5.75 Å². The van der Waals surface area contributed by atoms with E-state index >= 15 is 0 Å². The van der Waals surface area contributed by atoms with Crippen LogP contribution in [0, 0.1) is 5.82 Å². The number of rotatable bonds is 2. The minimum absolute atomic E-state index is 0.283. The van der Waals surface area contributed by atoms with Crippen LogP contribution in [0.5, 0.6) is 0 Å². The molecule has 0 bridgehead atoms. The molecular weight excluding hydrogens is 297 g/mol. The number of carboxylic acid groups (broad SMARTS) is 1. The van der Waals surface area contributed by atoms with E-state index in [0.29, 0.717) is 15.8 Å². The van der Waals surface area contributed by atoms with Crippen LogP contribution < -0.4 is 5.32 Å². The largest absolute Gasteiger partial charge is 0.480 e. The summed E-state index contributed by atoms with van der Waals surface area (Å²) < 4.78 is 14.3. The van der Waals surface area contributed by atoms with Gasteiger partial charge in [0.25, 0.3) is 0 Å². The molecule has 3 nitrogen and oxygen atoms in total. The van der Waals surface area contributed by atoms with Gasteiger partial charge in [0, 0.05) is 15.8 Å². The van der Waals surface area contributed by atoms with Crippen molar-refractivity contribution in [1.29, 1.82) is 0 Å². The highest BCUT2D eigenvalue weighted by Gasteiger charge is 2.31. The van der Waals surface area contributed by atoms with E-state index in [1.54, 1.807) is 12.1 Å². The first kappa shape index (κ1) is 11.9. The fourth-order valence-electron chi connectivity index (χ4n) is 1.51. The molecule has 0 radical (unpaired) electrons. The van der Waals surface area contributed by atoms with Crippen LogP contribution in [0.4, 0.5) is 4.39 Å². The molecule has 1 heterocycles. The Morgan fingerprint density at radius 1 is 1.62 bits per heavy atom. The lowest BCUT2D eigenvalue weighted by molar-refractivity contribution is -0.138. The number of hydrogen-bond acceptors (Lipinski definition) is 3. The molecular formula is C10H9BrFNO2S. The maximum absolute atomic E-state index is 13.6. The summed E-state index contributed by atoms with van der Waals surface area (Å²) in [5.74, 6) is -0.770. The summed E-state index contributed by atoms with van der Waals surface area (Å²) in [6.45, 7) is 0. The minimum Gasteiger partial charge on any atom is -0.480 e. The second kappa shape index (κ2) is 4.73. The molecule has 0 aliphatic carbocycles. The number of nitrogens with one attached hydrogen (secondary N) is 1. The van der Waals surface area contributed by atoms with Crippen LogP contribution in [-0.4, -0.2) is 22.9 Å². The highest BCUT2D eigenvalue weighted by atomic mass is 79.9. The highest BCUT2D eigenvalue weighted by Crippen LogP contribution is 2.34. The molecule has 0 amide bonds. The fraction of sp³-hybridized carbons (Fsp3) is 0.300. The van der Waals surface area contributed by atoms with Gasteiger partial charge >= 0.3 is 5.97 Å². The van der Waals surface area contributed by atoms with Crippen LogP contribution in [0.15, 0.2) is 22.7 Å². The van der Waals surface area contributed by atoms with Crippen molar-refractivity contribution in [2.24, 2.45) is 0 Å². The summed E-state index contributed by atoms with van der Waals surface area (Å²) in [7, 11) is 0. The lowest BCUT2D eigenvalue weighted by Gasteiger charge is -2.12. The molecule has 1 unspecified atom stereocenters. The number of halogens is 2. The van der Waals surface area contributed by atoms with E-state index in [-0.39, 0.29) is 11.2 Å². The smallest absolute Gasteiger partial charge is 0.321 e. The van der Waals surface area contributed by atoms with E-state index < -0.39 is 12.0 Å². The van der Waals surface area contributed by atoms with Crippen LogP contribution in [0.25, 0.3) is 0 Å². The van der Waals surface area contributed by atoms with Crippen molar-refractivity contribution < 1.29 is 14.3 Å². The number of hydrogen-bond donors (Lipinski definition) is 2. The van der Waals surface area contributed by atoms with E-state index in [4.69, 9.17) is 5.11 Å². The molecule has 2 rings (SSSR count). The van der Waals surface area contributed by atoms with Crippen molar-refractivity contribution in [2.45, 2.75) is 11.4 Å². The summed E-state index contributed by atoms with van der Waals surface area (Å²) in [5, 5.41) is 11.4. The van der Waals surface area contributed by atoms with E-state index in [9.17, 15) is 9.18 Å². The Hall–Kier alpha value is -0.590. The van der Waals surface area contributed by atoms with Gasteiger partial charge in [-0.2, -0.15) is 0 Å². The van der Waals surface area contributed by atoms with Crippen LogP contribution in [0.1, 0.15) is 10.9 Å². The number of thioether (sulfide) groups is 1. The van der Waals surface area contributed by atoms with Crippen molar-refractivity contribution in [3.8, 4) is 0 Å². The first-order chi connectivity index (χ1) is 7.58. The normalized spacial score (nSPS) is 24.6. The number of carbonyl (C=O) groups is 1. The number of carboxylic acids is 1. The summed E-state index contributed by atoms with van der Waals surface area (Å²) in [6, 6.07) is 4.19. The molecule has 0 spiro atoms. The predicted molar refractivity (Wildman–Crippen MR) is 63.9 cm³/mol. The molecule has 1 aliphatic rings. The minimum atomic E-state index is -0.896. The van der Waals surface area contributed by atoms with Gasteiger partial charge in [-0.15, -0.1) is 11.8 Å². The third kappa shape index (κ3) is 2.39. The van der Waals surface area contributed by atoms with Gasteiger partial charge in [-0.1, -0.05) is 22.0 Å². The van der Waals surface area contributed by atoms with E-state index in [0.717, 1.165) is 0 Å². The van der Waals surface area contributed by atoms with Gasteiger partial charge in [0.15, 0.2) is 0 Å². The lowest BCUT2D eigenvalue weighted by Crippen LogP contribution is -2.33. The van der Waals surface area contributed by atoms with Gasteiger partial charge in [0.05, 0.1) is 5.37 Å². The Morgan fingerprint density at radius 3 is 2.94 bits per heavy atom. The zero-order chi connectivity index (χ0) is 11.7. The molecule has 1 aliphatic heterocycles. The van der Waals surface area contributed by atoms with Crippen molar-refractivity contribution >= 4 is 33.7 Å². The fourth-order valence-corrected chi connectivity index (χ4v) is 3.10.